The predicted molar refractivity (Wildman–Crippen MR) is 88.2 cm³/mol. The summed E-state index contributed by atoms with van der Waals surface area (Å²) in [6.07, 6.45) is 4.22. The maximum atomic E-state index is 12.2. The van der Waals surface area contributed by atoms with Gasteiger partial charge in [0, 0.05) is 24.7 Å². The van der Waals surface area contributed by atoms with Gasteiger partial charge in [-0.1, -0.05) is 25.4 Å². The molecule has 7 heteroatoms. The maximum absolute atomic E-state index is 12.2. The first kappa shape index (κ1) is 17.5. The predicted octanol–water partition coefficient (Wildman–Crippen LogP) is 2.59. The van der Waals surface area contributed by atoms with Gasteiger partial charge in [0.2, 0.25) is 5.91 Å². The van der Waals surface area contributed by atoms with Crippen molar-refractivity contribution in [3.05, 3.63) is 22.5 Å². The SMILES string of the molecule is Cc1nn(CC(C)C)c(Cl)c1C=CC(=O)N1CCC[C@@H]1C(=O)O. The molecule has 1 amide bonds. The van der Waals surface area contributed by atoms with Crippen molar-refractivity contribution in [2.75, 3.05) is 6.54 Å². The second kappa shape index (κ2) is 7.17. The number of aryl methyl sites for hydroxylation is 1. The molecule has 126 valence electrons. The number of amides is 1. The number of carboxylic acid groups (broad SMARTS) is 1. The van der Waals surface area contributed by atoms with Crippen LogP contribution in [0.4, 0.5) is 0 Å². The van der Waals surface area contributed by atoms with Gasteiger partial charge in [-0.05, 0) is 31.8 Å². The van der Waals surface area contributed by atoms with Crippen LogP contribution in [0.1, 0.15) is 37.9 Å². The molecule has 1 aromatic rings. The fraction of sp³-hybridized carbons (Fsp3) is 0.562. The van der Waals surface area contributed by atoms with Crippen LogP contribution in [0.5, 0.6) is 0 Å². The van der Waals surface area contributed by atoms with Crippen molar-refractivity contribution < 1.29 is 14.7 Å². The van der Waals surface area contributed by atoms with Gasteiger partial charge < -0.3 is 10.0 Å². The lowest BCUT2D eigenvalue weighted by Crippen LogP contribution is -2.39. The molecule has 0 spiro atoms. The molecule has 0 aromatic carbocycles. The van der Waals surface area contributed by atoms with Gasteiger partial charge in [0.05, 0.1) is 5.69 Å². The molecule has 1 aliphatic heterocycles. The minimum Gasteiger partial charge on any atom is -0.480 e. The number of likely N-dealkylation sites (tertiary alicyclic amines) is 1. The van der Waals surface area contributed by atoms with E-state index in [0.717, 1.165) is 5.69 Å². The minimum atomic E-state index is -0.955. The van der Waals surface area contributed by atoms with Crippen molar-refractivity contribution in [3.63, 3.8) is 0 Å². The molecule has 1 saturated heterocycles. The van der Waals surface area contributed by atoms with Gasteiger partial charge in [-0.15, -0.1) is 0 Å². The second-order valence-corrected chi connectivity index (χ2v) is 6.59. The zero-order valence-corrected chi connectivity index (χ0v) is 14.4. The monoisotopic (exact) mass is 339 g/mol. The van der Waals surface area contributed by atoms with Crippen LogP contribution < -0.4 is 0 Å². The van der Waals surface area contributed by atoms with Gasteiger partial charge in [0.1, 0.15) is 11.2 Å². The average Bonchev–Trinajstić information content (AvgIpc) is 3.03. The number of hydrogen-bond acceptors (Lipinski definition) is 3. The lowest BCUT2D eigenvalue weighted by Gasteiger charge is -2.19. The molecule has 0 bridgehead atoms. The minimum absolute atomic E-state index is 0.304. The molecule has 23 heavy (non-hydrogen) atoms. The van der Waals surface area contributed by atoms with Gasteiger partial charge in [-0.3, -0.25) is 9.48 Å². The van der Waals surface area contributed by atoms with Crippen LogP contribution in [0, 0.1) is 12.8 Å². The molecule has 1 atom stereocenters. The molecule has 2 rings (SSSR count). The number of carboxylic acids is 1. The summed E-state index contributed by atoms with van der Waals surface area (Å²) in [5, 5.41) is 14.0. The molecule has 1 aliphatic rings. The Morgan fingerprint density at radius 2 is 2.17 bits per heavy atom. The molecule has 6 nitrogen and oxygen atoms in total. The van der Waals surface area contributed by atoms with Crippen molar-refractivity contribution in [1.82, 2.24) is 14.7 Å². The van der Waals surface area contributed by atoms with Crippen LogP contribution in [-0.4, -0.2) is 44.3 Å². The van der Waals surface area contributed by atoms with Gasteiger partial charge in [-0.25, -0.2) is 4.79 Å². The van der Waals surface area contributed by atoms with E-state index in [0.29, 0.717) is 42.6 Å². The lowest BCUT2D eigenvalue weighted by atomic mass is 10.2. The average molecular weight is 340 g/mol. The van der Waals surface area contributed by atoms with Crippen LogP contribution in [0.3, 0.4) is 0 Å². The largest absolute Gasteiger partial charge is 0.480 e. The van der Waals surface area contributed by atoms with E-state index in [-0.39, 0.29) is 5.91 Å². The first-order valence-corrected chi connectivity index (χ1v) is 8.13. The summed E-state index contributed by atoms with van der Waals surface area (Å²) in [5.74, 6) is -0.851. The number of carbonyl (C=O) groups is 2. The van der Waals surface area contributed by atoms with Crippen molar-refractivity contribution in [2.45, 2.75) is 46.2 Å². The number of aliphatic carboxylic acids is 1. The third-order valence-corrected chi connectivity index (χ3v) is 4.26. The molecule has 1 aromatic heterocycles. The topological polar surface area (TPSA) is 75.4 Å². The number of halogens is 1. The summed E-state index contributed by atoms with van der Waals surface area (Å²) in [5.41, 5.74) is 1.45. The van der Waals surface area contributed by atoms with Crippen LogP contribution in [-0.2, 0) is 16.1 Å². The summed E-state index contributed by atoms with van der Waals surface area (Å²) in [4.78, 5) is 24.8. The van der Waals surface area contributed by atoms with E-state index in [4.69, 9.17) is 16.7 Å². The Bertz CT molecular complexity index is 637. The van der Waals surface area contributed by atoms with Crippen molar-refractivity contribution >= 4 is 29.6 Å². The highest BCUT2D eigenvalue weighted by Gasteiger charge is 2.32. The van der Waals surface area contributed by atoms with Gasteiger partial charge >= 0.3 is 5.97 Å². The van der Waals surface area contributed by atoms with Gasteiger partial charge in [0.15, 0.2) is 0 Å². The summed E-state index contributed by atoms with van der Waals surface area (Å²) in [6.45, 7) is 7.16. The number of nitrogens with zero attached hydrogens (tertiary/aromatic N) is 3. The Labute approximate surface area is 140 Å². The second-order valence-electron chi connectivity index (χ2n) is 6.23. The standard InChI is InChI=1S/C16H22ClN3O3/c1-10(2)9-20-15(17)12(11(3)18-20)6-7-14(21)19-8-4-5-13(19)16(22)23/h6-7,10,13H,4-5,8-9H2,1-3H3,(H,22,23)/t13-/m1/s1. The van der Waals surface area contributed by atoms with Gasteiger partial charge in [-0.2, -0.15) is 5.10 Å². The summed E-state index contributed by atoms with van der Waals surface area (Å²) >= 11 is 6.33. The Balaban J connectivity index is 2.15. The van der Waals surface area contributed by atoms with E-state index in [9.17, 15) is 9.59 Å². The third kappa shape index (κ3) is 3.93. The van der Waals surface area contributed by atoms with Crippen LogP contribution >= 0.6 is 11.6 Å². The molecule has 0 unspecified atom stereocenters. The Hall–Kier alpha value is -1.82. The Morgan fingerprint density at radius 3 is 2.78 bits per heavy atom. The molecule has 0 radical (unpaired) electrons. The van der Waals surface area contributed by atoms with E-state index < -0.39 is 12.0 Å². The molecular formula is C16H22ClN3O3. The van der Waals surface area contributed by atoms with E-state index in [2.05, 4.69) is 18.9 Å². The third-order valence-electron chi connectivity index (χ3n) is 3.86. The molecule has 2 heterocycles. The highest BCUT2D eigenvalue weighted by atomic mass is 35.5. The Morgan fingerprint density at radius 1 is 1.48 bits per heavy atom. The van der Waals surface area contributed by atoms with Crippen molar-refractivity contribution in [1.29, 1.82) is 0 Å². The molecule has 0 aliphatic carbocycles. The molecule has 0 saturated carbocycles. The number of hydrogen-bond donors (Lipinski definition) is 1. The molecule has 1 N–H and O–H groups in total. The quantitative estimate of drug-likeness (QED) is 0.837. The smallest absolute Gasteiger partial charge is 0.326 e. The Kier molecular flexibility index (Phi) is 5.46. The molecule has 1 fully saturated rings. The van der Waals surface area contributed by atoms with Crippen LogP contribution in [0.2, 0.25) is 5.15 Å². The number of carbonyl (C=O) groups excluding carboxylic acids is 1. The van der Waals surface area contributed by atoms with E-state index in [1.165, 1.54) is 11.0 Å². The van der Waals surface area contributed by atoms with Crippen molar-refractivity contribution in [2.24, 2.45) is 5.92 Å². The zero-order valence-electron chi connectivity index (χ0n) is 13.6. The zero-order chi connectivity index (χ0) is 17.1. The maximum Gasteiger partial charge on any atom is 0.326 e. The molecular weight excluding hydrogens is 318 g/mol. The van der Waals surface area contributed by atoms with Crippen LogP contribution in [0.15, 0.2) is 6.08 Å². The normalized spacial score (nSPS) is 18.3. The first-order chi connectivity index (χ1) is 10.8. The van der Waals surface area contributed by atoms with Crippen molar-refractivity contribution in [3.8, 4) is 0 Å². The highest BCUT2D eigenvalue weighted by Crippen LogP contribution is 2.23. The number of aromatic nitrogens is 2. The lowest BCUT2D eigenvalue weighted by molar-refractivity contribution is -0.146. The summed E-state index contributed by atoms with van der Waals surface area (Å²) < 4.78 is 1.72. The number of rotatable bonds is 5. The van der Waals surface area contributed by atoms with E-state index in [1.54, 1.807) is 10.8 Å². The fourth-order valence-corrected chi connectivity index (χ4v) is 3.07. The summed E-state index contributed by atoms with van der Waals surface area (Å²) in [7, 11) is 0. The van der Waals surface area contributed by atoms with Crippen LogP contribution in [0.25, 0.3) is 6.08 Å². The first-order valence-electron chi connectivity index (χ1n) is 7.75. The fourth-order valence-electron chi connectivity index (χ4n) is 2.76. The van der Waals surface area contributed by atoms with E-state index >= 15 is 0 Å². The highest BCUT2D eigenvalue weighted by molar-refractivity contribution is 6.31. The summed E-state index contributed by atoms with van der Waals surface area (Å²) in [6, 6.07) is -0.729. The van der Waals surface area contributed by atoms with E-state index in [1.807, 2.05) is 6.92 Å². The van der Waals surface area contributed by atoms with Gasteiger partial charge in [0.25, 0.3) is 0 Å².